The second-order valence-corrected chi connectivity index (χ2v) is 3.63. The minimum absolute atomic E-state index is 0.314. The molecule has 0 unspecified atom stereocenters. The van der Waals surface area contributed by atoms with Crippen LogP contribution in [-0.2, 0) is 0 Å². The highest BCUT2D eigenvalue weighted by Crippen LogP contribution is 2.23. The highest BCUT2D eigenvalue weighted by atomic mass is 16.4. The number of hydrogen-bond donors (Lipinski definition) is 2. The van der Waals surface area contributed by atoms with Crippen molar-refractivity contribution in [2.75, 3.05) is 19.0 Å². The zero-order chi connectivity index (χ0) is 11.0. The van der Waals surface area contributed by atoms with Gasteiger partial charge in [-0.25, -0.2) is 4.79 Å². The van der Waals surface area contributed by atoms with Crippen molar-refractivity contribution in [2.24, 2.45) is 0 Å². The number of hydrogen-bond acceptors (Lipinski definition) is 2. The average Bonchev–Trinajstić information content (AvgIpc) is 2.59. The quantitative estimate of drug-likeness (QED) is 0.785. The second-order valence-electron chi connectivity index (χ2n) is 3.63. The summed E-state index contributed by atoms with van der Waals surface area (Å²) in [5, 5.41) is 9.71. The number of aromatic carboxylic acids is 1. The van der Waals surface area contributed by atoms with Crippen LogP contribution in [0.4, 0.5) is 5.69 Å². The maximum Gasteiger partial charge on any atom is 0.337 e. The number of carboxylic acid groups (broad SMARTS) is 1. The zero-order valence-corrected chi connectivity index (χ0v) is 8.61. The maximum atomic E-state index is 10.9. The fourth-order valence-electron chi connectivity index (χ4n) is 1.56. The molecule has 0 radical (unpaired) electrons. The number of fused-ring (bicyclic) bond motifs is 1. The SMILES string of the molecule is CN(C)c1ccc2[nH]cc(C(=O)O)c2c1. The number of benzene rings is 1. The molecule has 15 heavy (non-hydrogen) atoms. The maximum absolute atomic E-state index is 10.9. The Morgan fingerprint density at radius 3 is 2.73 bits per heavy atom. The first-order valence-electron chi connectivity index (χ1n) is 4.61. The molecule has 2 N–H and O–H groups in total. The van der Waals surface area contributed by atoms with E-state index in [9.17, 15) is 4.79 Å². The molecular weight excluding hydrogens is 192 g/mol. The van der Waals surface area contributed by atoms with Gasteiger partial charge in [-0.2, -0.15) is 0 Å². The van der Waals surface area contributed by atoms with Crippen LogP contribution in [0.3, 0.4) is 0 Å². The van der Waals surface area contributed by atoms with Gasteiger partial charge in [0.15, 0.2) is 0 Å². The number of aromatic nitrogens is 1. The van der Waals surface area contributed by atoms with Crippen LogP contribution in [0.5, 0.6) is 0 Å². The van der Waals surface area contributed by atoms with Gasteiger partial charge in [-0.1, -0.05) is 0 Å². The van der Waals surface area contributed by atoms with E-state index in [0.717, 1.165) is 16.6 Å². The van der Waals surface area contributed by atoms with Crippen molar-refractivity contribution in [3.63, 3.8) is 0 Å². The predicted octanol–water partition coefficient (Wildman–Crippen LogP) is 1.93. The van der Waals surface area contributed by atoms with Crippen molar-refractivity contribution in [1.82, 2.24) is 4.98 Å². The lowest BCUT2D eigenvalue weighted by Gasteiger charge is -2.11. The largest absolute Gasteiger partial charge is 0.478 e. The average molecular weight is 204 g/mol. The number of rotatable bonds is 2. The smallest absolute Gasteiger partial charge is 0.337 e. The third-order valence-electron chi connectivity index (χ3n) is 2.41. The van der Waals surface area contributed by atoms with Crippen LogP contribution in [-0.4, -0.2) is 30.2 Å². The molecule has 0 bridgehead atoms. The Labute approximate surface area is 87.1 Å². The van der Waals surface area contributed by atoms with Crippen LogP contribution < -0.4 is 4.90 Å². The summed E-state index contributed by atoms with van der Waals surface area (Å²) in [4.78, 5) is 15.8. The normalized spacial score (nSPS) is 10.5. The Hall–Kier alpha value is -1.97. The van der Waals surface area contributed by atoms with Gasteiger partial charge in [-0.15, -0.1) is 0 Å². The van der Waals surface area contributed by atoms with Crippen molar-refractivity contribution in [2.45, 2.75) is 0 Å². The molecule has 1 heterocycles. The lowest BCUT2D eigenvalue weighted by Crippen LogP contribution is -2.08. The highest BCUT2D eigenvalue weighted by Gasteiger charge is 2.10. The number of carboxylic acids is 1. The van der Waals surface area contributed by atoms with Crippen LogP contribution in [0.25, 0.3) is 10.9 Å². The van der Waals surface area contributed by atoms with Gasteiger partial charge < -0.3 is 15.0 Å². The van der Waals surface area contributed by atoms with Crippen LogP contribution >= 0.6 is 0 Å². The number of anilines is 1. The van der Waals surface area contributed by atoms with E-state index in [1.54, 1.807) is 0 Å². The number of nitrogens with zero attached hydrogens (tertiary/aromatic N) is 1. The Balaban J connectivity index is 2.66. The molecule has 0 spiro atoms. The summed E-state index contributed by atoms with van der Waals surface area (Å²) in [5.74, 6) is -0.905. The van der Waals surface area contributed by atoms with Gasteiger partial charge in [0, 0.05) is 36.9 Å². The number of carbonyl (C=O) groups is 1. The van der Waals surface area contributed by atoms with Crippen LogP contribution in [0.15, 0.2) is 24.4 Å². The topological polar surface area (TPSA) is 56.3 Å². The molecule has 0 atom stereocenters. The Morgan fingerprint density at radius 1 is 1.40 bits per heavy atom. The van der Waals surface area contributed by atoms with Crippen molar-refractivity contribution in [3.8, 4) is 0 Å². The molecule has 78 valence electrons. The van der Waals surface area contributed by atoms with Crippen molar-refractivity contribution in [1.29, 1.82) is 0 Å². The molecule has 4 nitrogen and oxygen atoms in total. The minimum atomic E-state index is -0.905. The van der Waals surface area contributed by atoms with E-state index in [1.807, 2.05) is 37.2 Å². The van der Waals surface area contributed by atoms with Crippen LogP contribution in [0.1, 0.15) is 10.4 Å². The van der Waals surface area contributed by atoms with E-state index in [0.29, 0.717) is 5.56 Å². The van der Waals surface area contributed by atoms with Gasteiger partial charge in [-0.05, 0) is 18.2 Å². The molecule has 1 aromatic carbocycles. The monoisotopic (exact) mass is 204 g/mol. The van der Waals surface area contributed by atoms with E-state index in [-0.39, 0.29) is 0 Å². The van der Waals surface area contributed by atoms with Crippen molar-refractivity contribution < 1.29 is 9.90 Å². The van der Waals surface area contributed by atoms with Gasteiger partial charge in [0.05, 0.1) is 5.56 Å². The molecular formula is C11H12N2O2. The summed E-state index contributed by atoms with van der Waals surface area (Å²) in [6, 6.07) is 5.71. The van der Waals surface area contributed by atoms with Gasteiger partial charge in [0.2, 0.25) is 0 Å². The van der Waals surface area contributed by atoms with E-state index in [2.05, 4.69) is 4.98 Å². The summed E-state index contributed by atoms with van der Waals surface area (Å²) in [7, 11) is 3.85. The number of H-pyrrole nitrogens is 1. The number of nitrogens with one attached hydrogen (secondary N) is 1. The fourth-order valence-corrected chi connectivity index (χ4v) is 1.56. The molecule has 0 fully saturated rings. The predicted molar refractivity (Wildman–Crippen MR) is 59.6 cm³/mol. The summed E-state index contributed by atoms with van der Waals surface area (Å²) in [5.41, 5.74) is 2.15. The summed E-state index contributed by atoms with van der Waals surface area (Å²) in [6.45, 7) is 0. The molecule has 0 amide bonds. The summed E-state index contributed by atoms with van der Waals surface area (Å²) >= 11 is 0. The molecule has 0 aliphatic rings. The minimum Gasteiger partial charge on any atom is -0.478 e. The Bertz CT molecular complexity index is 514. The molecule has 0 aliphatic heterocycles. The molecule has 0 saturated heterocycles. The van der Waals surface area contributed by atoms with Gasteiger partial charge in [-0.3, -0.25) is 0 Å². The van der Waals surface area contributed by atoms with Gasteiger partial charge in [0.25, 0.3) is 0 Å². The molecule has 4 heteroatoms. The number of aromatic amines is 1. The fraction of sp³-hybridized carbons (Fsp3) is 0.182. The van der Waals surface area contributed by atoms with Crippen molar-refractivity contribution in [3.05, 3.63) is 30.0 Å². The third kappa shape index (κ3) is 1.54. The van der Waals surface area contributed by atoms with Crippen LogP contribution in [0.2, 0.25) is 0 Å². The van der Waals surface area contributed by atoms with Crippen LogP contribution in [0, 0.1) is 0 Å². The van der Waals surface area contributed by atoms with E-state index in [4.69, 9.17) is 5.11 Å². The molecule has 0 aliphatic carbocycles. The Kier molecular flexibility index (Phi) is 2.11. The molecule has 0 saturated carbocycles. The van der Waals surface area contributed by atoms with Gasteiger partial charge in [0.1, 0.15) is 0 Å². The Morgan fingerprint density at radius 2 is 2.13 bits per heavy atom. The lowest BCUT2D eigenvalue weighted by molar-refractivity contribution is 0.0699. The molecule has 2 rings (SSSR count). The van der Waals surface area contributed by atoms with E-state index in [1.165, 1.54) is 6.20 Å². The molecule has 1 aromatic heterocycles. The first kappa shape index (κ1) is 9.58. The summed E-state index contributed by atoms with van der Waals surface area (Å²) < 4.78 is 0. The first-order chi connectivity index (χ1) is 7.09. The highest BCUT2D eigenvalue weighted by molar-refractivity contribution is 6.04. The van der Waals surface area contributed by atoms with E-state index < -0.39 is 5.97 Å². The third-order valence-corrected chi connectivity index (χ3v) is 2.41. The molecule has 2 aromatic rings. The lowest BCUT2D eigenvalue weighted by atomic mass is 10.1. The zero-order valence-electron chi connectivity index (χ0n) is 8.61. The first-order valence-corrected chi connectivity index (χ1v) is 4.61. The standard InChI is InChI=1S/C11H12N2O2/c1-13(2)7-3-4-10-8(5-7)9(6-12-10)11(14)15/h3-6,12H,1-2H3,(H,14,15). The van der Waals surface area contributed by atoms with Crippen molar-refractivity contribution >= 4 is 22.6 Å². The van der Waals surface area contributed by atoms with E-state index >= 15 is 0 Å². The summed E-state index contributed by atoms with van der Waals surface area (Å²) in [6.07, 6.45) is 1.52. The van der Waals surface area contributed by atoms with Gasteiger partial charge >= 0.3 is 5.97 Å². The second kappa shape index (κ2) is 3.31.